The van der Waals surface area contributed by atoms with Gasteiger partial charge in [-0.2, -0.15) is 0 Å². The Bertz CT molecular complexity index is 638. The zero-order valence-corrected chi connectivity index (χ0v) is 11.9. The van der Waals surface area contributed by atoms with Crippen LogP contribution in [0.3, 0.4) is 0 Å². The van der Waals surface area contributed by atoms with E-state index in [1.165, 1.54) is 6.07 Å². The van der Waals surface area contributed by atoms with Crippen molar-refractivity contribution in [3.05, 3.63) is 72.1 Å². The number of halogens is 1. The molecule has 0 aliphatic rings. The summed E-state index contributed by atoms with van der Waals surface area (Å²) in [7, 11) is 0. The molecule has 2 aromatic carbocycles. The Balaban J connectivity index is 1.99. The van der Waals surface area contributed by atoms with Gasteiger partial charge in [-0.05, 0) is 48.5 Å². The lowest BCUT2D eigenvalue weighted by molar-refractivity contribution is 0.619. The van der Waals surface area contributed by atoms with Crippen LogP contribution in [0.15, 0.2) is 55.1 Å². The molecule has 0 saturated heterocycles. The number of benzene rings is 2. The third kappa shape index (κ3) is 3.65. The Morgan fingerprint density at radius 2 is 1.85 bits per heavy atom. The van der Waals surface area contributed by atoms with Gasteiger partial charge in [-0.3, -0.25) is 0 Å². The van der Waals surface area contributed by atoms with Crippen LogP contribution in [-0.2, 0) is 0 Å². The minimum absolute atomic E-state index is 0.233. The molecule has 0 radical (unpaired) electrons. The molecule has 0 atom stereocenters. The van der Waals surface area contributed by atoms with Crippen LogP contribution in [-0.4, -0.2) is 5.11 Å². The highest BCUT2D eigenvalue weighted by atomic mass is 32.1. The number of nitrogens with one attached hydrogen (secondary N) is 2. The summed E-state index contributed by atoms with van der Waals surface area (Å²) in [5.41, 5.74) is 2.98. The van der Waals surface area contributed by atoms with Gasteiger partial charge in [0, 0.05) is 11.4 Å². The topological polar surface area (TPSA) is 24.1 Å². The van der Waals surface area contributed by atoms with Crippen LogP contribution in [0.1, 0.15) is 11.1 Å². The molecule has 0 fully saturated rings. The molecule has 2 N–H and O–H groups in total. The van der Waals surface area contributed by atoms with E-state index in [9.17, 15) is 4.39 Å². The molecule has 2 nitrogen and oxygen atoms in total. The van der Waals surface area contributed by atoms with Crippen molar-refractivity contribution in [1.29, 1.82) is 0 Å². The molecular formula is C16H15FN2S. The fourth-order valence-electron chi connectivity index (χ4n) is 1.73. The summed E-state index contributed by atoms with van der Waals surface area (Å²) in [5.74, 6) is -0.233. The zero-order chi connectivity index (χ0) is 14.5. The Kier molecular flexibility index (Phi) is 4.48. The van der Waals surface area contributed by atoms with Gasteiger partial charge in [0.1, 0.15) is 5.82 Å². The number of aryl methyl sites for hydroxylation is 1. The van der Waals surface area contributed by atoms with Crippen molar-refractivity contribution in [1.82, 2.24) is 5.32 Å². The van der Waals surface area contributed by atoms with E-state index in [-0.39, 0.29) is 5.82 Å². The highest BCUT2D eigenvalue weighted by molar-refractivity contribution is 7.80. The molecule has 0 saturated carbocycles. The summed E-state index contributed by atoms with van der Waals surface area (Å²) in [4.78, 5) is 0. The van der Waals surface area contributed by atoms with Gasteiger partial charge in [0.15, 0.2) is 5.11 Å². The van der Waals surface area contributed by atoms with E-state index in [0.717, 1.165) is 11.3 Å². The van der Waals surface area contributed by atoms with E-state index in [2.05, 4.69) is 17.2 Å². The molecule has 102 valence electrons. The minimum atomic E-state index is -0.233. The van der Waals surface area contributed by atoms with Gasteiger partial charge in [0.25, 0.3) is 0 Å². The maximum atomic E-state index is 13.2. The van der Waals surface area contributed by atoms with Gasteiger partial charge in [-0.15, -0.1) is 0 Å². The van der Waals surface area contributed by atoms with E-state index >= 15 is 0 Å². The van der Waals surface area contributed by atoms with Crippen LogP contribution >= 0.6 is 12.2 Å². The first kappa shape index (κ1) is 14.2. The number of hydrogen-bond acceptors (Lipinski definition) is 1. The van der Waals surface area contributed by atoms with Crippen LogP contribution in [0.4, 0.5) is 10.1 Å². The molecular weight excluding hydrogens is 271 g/mol. The summed E-state index contributed by atoms with van der Waals surface area (Å²) in [6, 6.07) is 14.4. The van der Waals surface area contributed by atoms with Crippen LogP contribution in [0, 0.1) is 12.7 Å². The third-order valence-electron chi connectivity index (χ3n) is 2.80. The third-order valence-corrected chi connectivity index (χ3v) is 3.01. The molecule has 0 aliphatic heterocycles. The maximum absolute atomic E-state index is 13.2. The van der Waals surface area contributed by atoms with Gasteiger partial charge in [-0.1, -0.05) is 36.9 Å². The Morgan fingerprint density at radius 1 is 1.15 bits per heavy atom. The molecule has 2 aromatic rings. The summed E-state index contributed by atoms with van der Waals surface area (Å²) in [6.45, 7) is 5.65. The summed E-state index contributed by atoms with van der Waals surface area (Å²) in [6.07, 6.45) is 0. The Morgan fingerprint density at radius 3 is 2.50 bits per heavy atom. The highest BCUT2D eigenvalue weighted by Crippen LogP contribution is 2.14. The first-order valence-corrected chi connectivity index (χ1v) is 6.55. The molecule has 2 rings (SSSR count). The predicted octanol–water partition coefficient (Wildman–Crippen LogP) is 4.09. The minimum Gasteiger partial charge on any atom is -0.332 e. The van der Waals surface area contributed by atoms with Crippen molar-refractivity contribution in [2.75, 3.05) is 5.32 Å². The van der Waals surface area contributed by atoms with E-state index in [1.807, 2.05) is 30.3 Å². The number of thiocarbonyl (C=S) groups is 1. The highest BCUT2D eigenvalue weighted by Gasteiger charge is 2.03. The van der Waals surface area contributed by atoms with E-state index < -0.39 is 0 Å². The summed E-state index contributed by atoms with van der Waals surface area (Å²) < 4.78 is 13.2. The monoisotopic (exact) mass is 286 g/mol. The van der Waals surface area contributed by atoms with Gasteiger partial charge in [0.2, 0.25) is 0 Å². The Hall–Kier alpha value is -2.20. The molecule has 4 heteroatoms. The molecule has 0 aliphatic carbocycles. The van der Waals surface area contributed by atoms with Crippen molar-refractivity contribution in [2.45, 2.75) is 6.92 Å². The lowest BCUT2D eigenvalue weighted by atomic mass is 10.2. The van der Waals surface area contributed by atoms with Crippen LogP contribution < -0.4 is 10.6 Å². The van der Waals surface area contributed by atoms with Crippen molar-refractivity contribution < 1.29 is 4.39 Å². The second kappa shape index (κ2) is 6.30. The van der Waals surface area contributed by atoms with E-state index in [4.69, 9.17) is 12.2 Å². The quantitative estimate of drug-likeness (QED) is 0.831. The van der Waals surface area contributed by atoms with E-state index in [0.29, 0.717) is 16.4 Å². The SMILES string of the molecule is C=C(NC(=S)Nc1ccc(F)c(C)c1)c1ccccc1. The van der Waals surface area contributed by atoms with Crippen molar-refractivity contribution >= 4 is 28.7 Å². The van der Waals surface area contributed by atoms with Crippen LogP contribution in [0.5, 0.6) is 0 Å². The summed E-state index contributed by atoms with van der Waals surface area (Å²) >= 11 is 5.21. The van der Waals surface area contributed by atoms with Crippen molar-refractivity contribution in [3.63, 3.8) is 0 Å². The first-order chi connectivity index (χ1) is 9.56. The zero-order valence-electron chi connectivity index (χ0n) is 11.1. The van der Waals surface area contributed by atoms with Gasteiger partial charge < -0.3 is 10.6 Å². The lowest BCUT2D eigenvalue weighted by Crippen LogP contribution is -2.26. The lowest BCUT2D eigenvalue weighted by Gasteiger charge is -2.13. The standard InChI is InChI=1S/C16H15FN2S/c1-11-10-14(8-9-15(11)17)19-16(20)18-12(2)13-6-4-3-5-7-13/h3-10H,2H2,1H3,(H2,18,19,20). The smallest absolute Gasteiger partial charge is 0.175 e. The van der Waals surface area contributed by atoms with Crippen molar-refractivity contribution in [2.24, 2.45) is 0 Å². The largest absolute Gasteiger partial charge is 0.332 e. The van der Waals surface area contributed by atoms with Gasteiger partial charge in [0.05, 0.1) is 0 Å². The number of anilines is 1. The molecule has 0 spiro atoms. The first-order valence-electron chi connectivity index (χ1n) is 6.15. The fraction of sp³-hybridized carbons (Fsp3) is 0.0625. The second-order valence-corrected chi connectivity index (χ2v) is 4.80. The van der Waals surface area contributed by atoms with E-state index in [1.54, 1.807) is 19.1 Å². The maximum Gasteiger partial charge on any atom is 0.175 e. The average molecular weight is 286 g/mol. The van der Waals surface area contributed by atoms with Crippen molar-refractivity contribution in [3.8, 4) is 0 Å². The molecule has 0 amide bonds. The van der Waals surface area contributed by atoms with Gasteiger partial charge >= 0.3 is 0 Å². The Labute approximate surface area is 123 Å². The molecule has 0 heterocycles. The summed E-state index contributed by atoms with van der Waals surface area (Å²) in [5, 5.41) is 6.44. The number of rotatable bonds is 3. The normalized spacial score (nSPS) is 9.90. The number of hydrogen-bond donors (Lipinski definition) is 2. The molecule has 0 aromatic heterocycles. The molecule has 20 heavy (non-hydrogen) atoms. The fourth-order valence-corrected chi connectivity index (χ4v) is 1.97. The predicted molar refractivity (Wildman–Crippen MR) is 86.0 cm³/mol. The van der Waals surface area contributed by atoms with Gasteiger partial charge in [-0.25, -0.2) is 4.39 Å². The molecule has 0 unspecified atom stereocenters. The van der Waals surface area contributed by atoms with Crippen LogP contribution in [0.2, 0.25) is 0 Å². The second-order valence-electron chi connectivity index (χ2n) is 4.39. The van der Waals surface area contributed by atoms with Crippen LogP contribution in [0.25, 0.3) is 5.70 Å². The average Bonchev–Trinajstić information content (AvgIpc) is 2.44. The molecule has 0 bridgehead atoms.